The van der Waals surface area contributed by atoms with Crippen molar-refractivity contribution < 1.29 is 13.2 Å². The molecule has 0 saturated heterocycles. The Morgan fingerprint density at radius 2 is 1.75 bits per heavy atom. The van der Waals surface area contributed by atoms with Gasteiger partial charge in [0.05, 0.1) is 4.90 Å². The zero-order valence-corrected chi connectivity index (χ0v) is 9.91. The summed E-state index contributed by atoms with van der Waals surface area (Å²) in [5, 5.41) is 2.44. The van der Waals surface area contributed by atoms with E-state index in [1.807, 2.05) is 4.72 Å². The minimum Gasteiger partial charge on any atom is -0.335 e. The molecule has 2 N–H and O–H groups in total. The van der Waals surface area contributed by atoms with Gasteiger partial charge in [-0.3, -0.25) is 0 Å². The van der Waals surface area contributed by atoms with Crippen molar-refractivity contribution in [3.63, 3.8) is 0 Å². The van der Waals surface area contributed by atoms with Crippen molar-refractivity contribution in [1.82, 2.24) is 10.0 Å². The van der Waals surface area contributed by atoms with Crippen LogP contribution in [0.2, 0.25) is 0 Å². The Morgan fingerprint density at radius 3 is 2.25 bits per heavy atom. The fourth-order valence-electron chi connectivity index (χ4n) is 1.07. The third-order valence-corrected chi connectivity index (χ3v) is 3.05. The molecule has 5 nitrogen and oxygen atoms in total. The molecule has 2 amide bonds. The standard InChI is InChI=1S/C10H14N2O3S/c1-8(2)11-10(13)12-16(14,15)9-6-4-3-5-7-9/h3-8H,1-2H3,(H2,11,12,13). The molecule has 88 valence electrons. The van der Waals surface area contributed by atoms with E-state index in [0.717, 1.165) is 0 Å². The summed E-state index contributed by atoms with van der Waals surface area (Å²) >= 11 is 0. The third-order valence-electron chi connectivity index (χ3n) is 1.70. The average Bonchev–Trinajstić information content (AvgIpc) is 2.16. The molecule has 1 rings (SSSR count). The molecule has 0 aromatic heterocycles. The first kappa shape index (κ1) is 12.5. The highest BCUT2D eigenvalue weighted by Crippen LogP contribution is 2.06. The van der Waals surface area contributed by atoms with Crippen LogP contribution < -0.4 is 10.0 Å². The zero-order valence-electron chi connectivity index (χ0n) is 9.10. The van der Waals surface area contributed by atoms with Crippen molar-refractivity contribution in [3.05, 3.63) is 30.3 Å². The van der Waals surface area contributed by atoms with Crippen LogP contribution in [0.3, 0.4) is 0 Å². The van der Waals surface area contributed by atoms with Gasteiger partial charge in [0.25, 0.3) is 10.0 Å². The molecule has 0 unspecified atom stereocenters. The lowest BCUT2D eigenvalue weighted by Gasteiger charge is -2.10. The monoisotopic (exact) mass is 242 g/mol. The zero-order chi connectivity index (χ0) is 12.2. The highest BCUT2D eigenvalue weighted by Gasteiger charge is 2.16. The molecule has 0 radical (unpaired) electrons. The molecular formula is C10H14N2O3S. The molecule has 1 aromatic carbocycles. The summed E-state index contributed by atoms with van der Waals surface area (Å²) in [6.45, 7) is 3.49. The minimum absolute atomic E-state index is 0.0638. The number of hydrogen-bond donors (Lipinski definition) is 2. The van der Waals surface area contributed by atoms with Crippen LogP contribution in [-0.4, -0.2) is 20.5 Å². The molecule has 0 atom stereocenters. The second kappa shape index (κ2) is 4.98. The van der Waals surface area contributed by atoms with Crippen molar-refractivity contribution >= 4 is 16.1 Å². The highest BCUT2D eigenvalue weighted by molar-refractivity contribution is 7.90. The Bertz CT molecular complexity index is 454. The van der Waals surface area contributed by atoms with Gasteiger partial charge in [0.15, 0.2) is 0 Å². The van der Waals surface area contributed by atoms with Gasteiger partial charge in [0, 0.05) is 6.04 Å². The first-order chi connectivity index (χ1) is 7.42. The van der Waals surface area contributed by atoms with Gasteiger partial charge in [0.1, 0.15) is 0 Å². The van der Waals surface area contributed by atoms with E-state index >= 15 is 0 Å². The lowest BCUT2D eigenvalue weighted by atomic mass is 10.4. The lowest BCUT2D eigenvalue weighted by Crippen LogP contribution is -2.42. The number of benzene rings is 1. The molecule has 0 aliphatic heterocycles. The molecule has 0 fully saturated rings. The fraction of sp³-hybridized carbons (Fsp3) is 0.300. The second-order valence-electron chi connectivity index (χ2n) is 3.55. The van der Waals surface area contributed by atoms with Crippen LogP contribution >= 0.6 is 0 Å². The van der Waals surface area contributed by atoms with Gasteiger partial charge in [-0.25, -0.2) is 17.9 Å². The normalized spacial score (nSPS) is 11.2. The lowest BCUT2D eigenvalue weighted by molar-refractivity contribution is 0.243. The topological polar surface area (TPSA) is 75.3 Å². The van der Waals surface area contributed by atoms with E-state index in [9.17, 15) is 13.2 Å². The van der Waals surface area contributed by atoms with E-state index in [1.54, 1.807) is 32.0 Å². The summed E-state index contributed by atoms with van der Waals surface area (Å²) in [6, 6.07) is 6.89. The molecule has 0 aliphatic rings. The number of carbonyl (C=O) groups excluding carboxylic acids is 1. The van der Waals surface area contributed by atoms with Crippen LogP contribution in [-0.2, 0) is 10.0 Å². The summed E-state index contributed by atoms with van der Waals surface area (Å²) in [7, 11) is -3.77. The van der Waals surface area contributed by atoms with Crippen molar-refractivity contribution in [2.45, 2.75) is 24.8 Å². The van der Waals surface area contributed by atoms with E-state index in [4.69, 9.17) is 0 Å². The Balaban J connectivity index is 2.78. The second-order valence-corrected chi connectivity index (χ2v) is 5.23. The number of rotatable bonds is 3. The number of nitrogens with one attached hydrogen (secondary N) is 2. The molecule has 6 heteroatoms. The van der Waals surface area contributed by atoms with Crippen molar-refractivity contribution in [2.75, 3.05) is 0 Å². The summed E-state index contributed by atoms with van der Waals surface area (Å²) in [6.07, 6.45) is 0. The van der Waals surface area contributed by atoms with Crippen molar-refractivity contribution in [3.8, 4) is 0 Å². The summed E-state index contributed by atoms with van der Waals surface area (Å²) < 4.78 is 25.2. The van der Waals surface area contributed by atoms with E-state index in [2.05, 4.69) is 5.32 Å². The van der Waals surface area contributed by atoms with Gasteiger partial charge in [0.2, 0.25) is 0 Å². The first-order valence-electron chi connectivity index (χ1n) is 4.80. The largest absolute Gasteiger partial charge is 0.335 e. The number of urea groups is 1. The van der Waals surface area contributed by atoms with E-state index in [-0.39, 0.29) is 10.9 Å². The Morgan fingerprint density at radius 1 is 1.19 bits per heavy atom. The van der Waals surface area contributed by atoms with Gasteiger partial charge in [-0.15, -0.1) is 0 Å². The van der Waals surface area contributed by atoms with E-state index < -0.39 is 16.1 Å². The molecule has 0 heterocycles. The molecular weight excluding hydrogens is 228 g/mol. The SMILES string of the molecule is CC(C)NC(=O)NS(=O)(=O)c1ccccc1. The molecule has 16 heavy (non-hydrogen) atoms. The van der Waals surface area contributed by atoms with E-state index in [1.165, 1.54) is 12.1 Å². The maximum Gasteiger partial charge on any atom is 0.328 e. The van der Waals surface area contributed by atoms with E-state index in [0.29, 0.717) is 0 Å². The van der Waals surface area contributed by atoms with Crippen molar-refractivity contribution in [1.29, 1.82) is 0 Å². The number of amides is 2. The Kier molecular flexibility index (Phi) is 3.89. The summed E-state index contributed by atoms with van der Waals surface area (Å²) in [5.41, 5.74) is 0. The highest BCUT2D eigenvalue weighted by atomic mass is 32.2. The number of carbonyl (C=O) groups is 1. The number of sulfonamides is 1. The van der Waals surface area contributed by atoms with Gasteiger partial charge < -0.3 is 5.32 Å². The summed E-state index contributed by atoms with van der Waals surface area (Å²) in [4.78, 5) is 11.3. The smallest absolute Gasteiger partial charge is 0.328 e. The van der Waals surface area contributed by atoms with Crippen molar-refractivity contribution in [2.24, 2.45) is 0 Å². The van der Waals surface area contributed by atoms with Gasteiger partial charge in [-0.05, 0) is 26.0 Å². The van der Waals surface area contributed by atoms with Gasteiger partial charge in [-0.2, -0.15) is 0 Å². The predicted octanol–water partition coefficient (Wildman–Crippen LogP) is 1.08. The van der Waals surface area contributed by atoms with Crippen LogP contribution in [0, 0.1) is 0 Å². The molecule has 0 bridgehead atoms. The molecule has 1 aromatic rings. The van der Waals surface area contributed by atoms with Crippen LogP contribution in [0.1, 0.15) is 13.8 Å². The van der Waals surface area contributed by atoms with Gasteiger partial charge >= 0.3 is 6.03 Å². The maximum atomic E-state index is 11.7. The first-order valence-corrected chi connectivity index (χ1v) is 6.28. The fourth-order valence-corrected chi connectivity index (χ4v) is 2.01. The van der Waals surface area contributed by atoms with Crippen LogP contribution in [0.25, 0.3) is 0 Å². The maximum absolute atomic E-state index is 11.7. The molecule has 0 spiro atoms. The predicted molar refractivity (Wildman–Crippen MR) is 60.4 cm³/mol. The Labute approximate surface area is 94.9 Å². The molecule has 0 aliphatic carbocycles. The number of hydrogen-bond acceptors (Lipinski definition) is 3. The quantitative estimate of drug-likeness (QED) is 0.833. The summed E-state index contributed by atoms with van der Waals surface area (Å²) in [5.74, 6) is 0. The van der Waals surface area contributed by atoms with Gasteiger partial charge in [-0.1, -0.05) is 18.2 Å². The molecule has 0 saturated carbocycles. The minimum atomic E-state index is -3.77. The van der Waals surface area contributed by atoms with Crippen LogP contribution in [0.4, 0.5) is 4.79 Å². The third kappa shape index (κ3) is 3.54. The van der Waals surface area contributed by atoms with Crippen LogP contribution in [0.5, 0.6) is 0 Å². The Hall–Kier alpha value is -1.56. The average molecular weight is 242 g/mol. The van der Waals surface area contributed by atoms with Crippen LogP contribution in [0.15, 0.2) is 35.2 Å².